The van der Waals surface area contributed by atoms with E-state index in [1.54, 1.807) is 0 Å². The Morgan fingerprint density at radius 2 is 1.65 bits per heavy atom. The summed E-state index contributed by atoms with van der Waals surface area (Å²) >= 11 is 0. The van der Waals surface area contributed by atoms with Crippen LogP contribution in [-0.4, -0.2) is 21.5 Å². The van der Waals surface area contributed by atoms with Crippen LogP contribution in [0.15, 0.2) is 54.6 Å². The van der Waals surface area contributed by atoms with Gasteiger partial charge in [0.15, 0.2) is 0 Å². The lowest BCUT2D eigenvalue weighted by Crippen LogP contribution is -2.19. The Hall–Kier alpha value is -2.13. The Balaban J connectivity index is 1.77. The maximum absolute atomic E-state index is 4.72. The molecule has 0 amide bonds. The third-order valence-electron chi connectivity index (χ3n) is 3.59. The summed E-state index contributed by atoms with van der Waals surface area (Å²) in [5.41, 5.74) is 3.59. The lowest BCUT2D eigenvalue weighted by molar-refractivity contribution is 0.308. The van der Waals surface area contributed by atoms with Crippen LogP contribution in [0.1, 0.15) is 11.4 Å². The van der Waals surface area contributed by atoms with Crippen molar-refractivity contribution < 1.29 is 0 Å². The second kappa shape index (κ2) is 5.47. The van der Waals surface area contributed by atoms with E-state index in [4.69, 9.17) is 4.98 Å². The van der Waals surface area contributed by atoms with Gasteiger partial charge in [-0.25, -0.2) is 4.98 Å². The first-order valence-electron chi connectivity index (χ1n) is 6.87. The molecule has 1 aromatic heterocycles. The molecule has 20 heavy (non-hydrogen) atoms. The average molecular weight is 265 g/mol. The van der Waals surface area contributed by atoms with Gasteiger partial charge < -0.3 is 4.57 Å². The number of aromatic nitrogens is 2. The fourth-order valence-electron chi connectivity index (χ4n) is 2.53. The number of rotatable bonds is 4. The van der Waals surface area contributed by atoms with Crippen molar-refractivity contribution in [1.29, 1.82) is 0 Å². The number of aryl methyl sites for hydroxylation is 1. The fourth-order valence-corrected chi connectivity index (χ4v) is 2.53. The van der Waals surface area contributed by atoms with Gasteiger partial charge in [-0.1, -0.05) is 42.5 Å². The van der Waals surface area contributed by atoms with E-state index in [0.29, 0.717) is 0 Å². The van der Waals surface area contributed by atoms with E-state index in [0.717, 1.165) is 24.4 Å². The lowest BCUT2D eigenvalue weighted by Gasteiger charge is -2.16. The Kier molecular flexibility index (Phi) is 3.52. The Morgan fingerprint density at radius 1 is 0.950 bits per heavy atom. The van der Waals surface area contributed by atoms with Gasteiger partial charge >= 0.3 is 0 Å². The van der Waals surface area contributed by atoms with Crippen LogP contribution in [0.25, 0.3) is 11.0 Å². The first kappa shape index (κ1) is 12.9. The predicted molar refractivity (Wildman–Crippen MR) is 82.3 cm³/mol. The maximum atomic E-state index is 4.72. The van der Waals surface area contributed by atoms with Crippen molar-refractivity contribution >= 4 is 11.0 Å². The van der Waals surface area contributed by atoms with E-state index in [9.17, 15) is 0 Å². The highest BCUT2D eigenvalue weighted by atomic mass is 15.2. The summed E-state index contributed by atoms with van der Waals surface area (Å²) in [6, 6.07) is 18.8. The standard InChI is InChI=1S/C17H19N3/c1-19(12-14-8-4-3-5-9-14)13-17-18-15-10-6-7-11-16(15)20(17)2/h3-11H,12-13H2,1-2H3. The number of hydrogen-bond donors (Lipinski definition) is 0. The van der Waals surface area contributed by atoms with E-state index in [1.165, 1.54) is 11.1 Å². The molecule has 0 saturated carbocycles. The zero-order valence-electron chi connectivity index (χ0n) is 12.0. The molecule has 0 aliphatic rings. The van der Waals surface area contributed by atoms with E-state index in [-0.39, 0.29) is 0 Å². The molecule has 0 spiro atoms. The molecule has 102 valence electrons. The van der Waals surface area contributed by atoms with Crippen LogP contribution in [0.2, 0.25) is 0 Å². The summed E-state index contributed by atoms with van der Waals surface area (Å²) in [4.78, 5) is 7.00. The second-order valence-corrected chi connectivity index (χ2v) is 5.23. The van der Waals surface area contributed by atoms with Crippen molar-refractivity contribution in [2.75, 3.05) is 7.05 Å². The highest BCUT2D eigenvalue weighted by molar-refractivity contribution is 5.75. The van der Waals surface area contributed by atoms with Crippen LogP contribution in [0.4, 0.5) is 0 Å². The largest absolute Gasteiger partial charge is 0.330 e. The molecule has 0 aliphatic carbocycles. The minimum Gasteiger partial charge on any atom is -0.330 e. The Labute approximate surface area is 119 Å². The minimum atomic E-state index is 0.847. The van der Waals surface area contributed by atoms with Gasteiger partial charge in [0.1, 0.15) is 5.82 Å². The van der Waals surface area contributed by atoms with Gasteiger partial charge in [0.25, 0.3) is 0 Å². The molecule has 0 radical (unpaired) electrons. The zero-order chi connectivity index (χ0) is 13.9. The van der Waals surface area contributed by atoms with Crippen LogP contribution in [-0.2, 0) is 20.1 Å². The third-order valence-corrected chi connectivity index (χ3v) is 3.59. The molecule has 0 N–H and O–H groups in total. The van der Waals surface area contributed by atoms with E-state index >= 15 is 0 Å². The van der Waals surface area contributed by atoms with Crippen molar-refractivity contribution in [3.63, 3.8) is 0 Å². The molecule has 0 fully saturated rings. The molecule has 0 atom stereocenters. The fraction of sp³-hybridized carbons (Fsp3) is 0.235. The molecule has 3 rings (SSSR count). The van der Waals surface area contributed by atoms with Gasteiger partial charge in [-0.2, -0.15) is 0 Å². The van der Waals surface area contributed by atoms with Crippen molar-refractivity contribution in [2.45, 2.75) is 13.1 Å². The van der Waals surface area contributed by atoms with Crippen LogP contribution in [0, 0.1) is 0 Å². The monoisotopic (exact) mass is 265 g/mol. The Bertz CT molecular complexity index is 701. The predicted octanol–water partition coefficient (Wildman–Crippen LogP) is 3.21. The lowest BCUT2D eigenvalue weighted by atomic mass is 10.2. The number of fused-ring (bicyclic) bond motifs is 1. The highest BCUT2D eigenvalue weighted by Crippen LogP contribution is 2.15. The molecule has 0 bridgehead atoms. The zero-order valence-corrected chi connectivity index (χ0v) is 12.0. The van der Waals surface area contributed by atoms with Crippen molar-refractivity contribution in [2.24, 2.45) is 7.05 Å². The molecule has 2 aromatic carbocycles. The van der Waals surface area contributed by atoms with Crippen molar-refractivity contribution in [1.82, 2.24) is 14.5 Å². The number of benzene rings is 2. The third kappa shape index (κ3) is 2.58. The van der Waals surface area contributed by atoms with E-state index in [2.05, 4.69) is 72.1 Å². The molecular formula is C17H19N3. The summed E-state index contributed by atoms with van der Waals surface area (Å²) in [5.74, 6) is 1.10. The van der Waals surface area contributed by atoms with Crippen LogP contribution < -0.4 is 0 Å². The van der Waals surface area contributed by atoms with Crippen molar-refractivity contribution in [3.8, 4) is 0 Å². The molecule has 0 aliphatic heterocycles. The molecule has 0 saturated heterocycles. The minimum absolute atomic E-state index is 0.847. The number of para-hydroxylation sites is 2. The summed E-state index contributed by atoms with van der Waals surface area (Å²) in [5, 5.41) is 0. The smallest absolute Gasteiger partial charge is 0.123 e. The van der Waals surface area contributed by atoms with Crippen molar-refractivity contribution in [3.05, 3.63) is 66.0 Å². The molecule has 3 nitrogen and oxygen atoms in total. The Morgan fingerprint density at radius 3 is 2.40 bits per heavy atom. The number of nitrogens with zero attached hydrogens (tertiary/aromatic N) is 3. The van der Waals surface area contributed by atoms with Gasteiger partial charge in [0.2, 0.25) is 0 Å². The maximum Gasteiger partial charge on any atom is 0.123 e. The van der Waals surface area contributed by atoms with Gasteiger partial charge in [0, 0.05) is 13.6 Å². The van der Waals surface area contributed by atoms with Crippen LogP contribution in [0.5, 0.6) is 0 Å². The quantitative estimate of drug-likeness (QED) is 0.722. The summed E-state index contributed by atoms with van der Waals surface area (Å²) < 4.78 is 2.18. The van der Waals surface area contributed by atoms with Gasteiger partial charge in [-0.05, 0) is 24.7 Å². The van der Waals surface area contributed by atoms with Crippen LogP contribution >= 0.6 is 0 Å². The highest BCUT2D eigenvalue weighted by Gasteiger charge is 2.09. The topological polar surface area (TPSA) is 21.1 Å². The van der Waals surface area contributed by atoms with Gasteiger partial charge in [0.05, 0.1) is 17.6 Å². The summed E-state index contributed by atoms with van der Waals surface area (Å²) in [6.45, 7) is 1.78. The summed E-state index contributed by atoms with van der Waals surface area (Å²) in [6.07, 6.45) is 0. The SMILES string of the molecule is CN(Cc1ccccc1)Cc1nc2ccccc2n1C. The van der Waals surface area contributed by atoms with E-state index < -0.39 is 0 Å². The summed E-state index contributed by atoms with van der Waals surface area (Å²) in [7, 11) is 4.22. The average Bonchev–Trinajstić information content (AvgIpc) is 2.77. The molecule has 3 aromatic rings. The van der Waals surface area contributed by atoms with Crippen LogP contribution in [0.3, 0.4) is 0 Å². The molecule has 1 heterocycles. The molecule has 3 heteroatoms. The number of hydrogen-bond acceptors (Lipinski definition) is 2. The van der Waals surface area contributed by atoms with Gasteiger partial charge in [-0.3, -0.25) is 4.90 Å². The normalized spacial score (nSPS) is 11.3. The number of imidazole rings is 1. The molecule has 0 unspecified atom stereocenters. The first-order chi connectivity index (χ1) is 9.74. The first-order valence-corrected chi connectivity index (χ1v) is 6.87. The second-order valence-electron chi connectivity index (χ2n) is 5.23. The molecular weight excluding hydrogens is 246 g/mol. The van der Waals surface area contributed by atoms with E-state index in [1.807, 2.05) is 6.07 Å². The van der Waals surface area contributed by atoms with Gasteiger partial charge in [-0.15, -0.1) is 0 Å².